The number of benzene rings is 1. The van der Waals surface area contributed by atoms with Crippen LogP contribution in [0.1, 0.15) is 5.56 Å². The first-order chi connectivity index (χ1) is 6.79. The Morgan fingerprint density at radius 2 is 2.36 bits per heavy atom. The maximum Gasteiger partial charge on any atom is 0.181 e. The Morgan fingerprint density at radius 3 is 3.14 bits per heavy atom. The second kappa shape index (κ2) is 3.77. The highest BCUT2D eigenvalue weighted by molar-refractivity contribution is 5.72. The fourth-order valence-electron chi connectivity index (χ4n) is 1.39. The number of nitrogens with zero attached hydrogens (tertiary/aromatic N) is 1. The molecule has 0 aliphatic rings. The zero-order chi connectivity index (χ0) is 9.97. The van der Waals surface area contributed by atoms with Crippen LogP contribution in [-0.2, 0) is 6.42 Å². The quantitative estimate of drug-likeness (QED) is 0.750. The summed E-state index contributed by atoms with van der Waals surface area (Å²) in [4.78, 5) is 4.01. The predicted octanol–water partition coefficient (Wildman–Crippen LogP) is 0.690. The Labute approximate surface area is 81.4 Å². The fraction of sp³-hybridized carbons (Fsp3) is 0.300. The summed E-state index contributed by atoms with van der Waals surface area (Å²) in [5.41, 5.74) is 8.28. The van der Waals surface area contributed by atoms with Gasteiger partial charge in [0.25, 0.3) is 0 Å². The van der Waals surface area contributed by atoms with Crippen LogP contribution in [0.2, 0.25) is 0 Å². The van der Waals surface area contributed by atoms with Crippen LogP contribution in [0.3, 0.4) is 0 Å². The zero-order valence-corrected chi connectivity index (χ0v) is 7.68. The van der Waals surface area contributed by atoms with E-state index >= 15 is 0 Å². The molecule has 1 unspecified atom stereocenters. The van der Waals surface area contributed by atoms with E-state index in [1.54, 1.807) is 0 Å². The summed E-state index contributed by atoms with van der Waals surface area (Å²) in [6.07, 6.45) is 2.06. The maximum atomic E-state index is 8.81. The lowest BCUT2D eigenvalue weighted by molar-refractivity contribution is 0.265. The van der Waals surface area contributed by atoms with Gasteiger partial charge in [-0.05, 0) is 24.1 Å². The summed E-state index contributed by atoms with van der Waals surface area (Å²) >= 11 is 0. The van der Waals surface area contributed by atoms with Gasteiger partial charge in [-0.3, -0.25) is 0 Å². The van der Waals surface area contributed by atoms with E-state index < -0.39 is 0 Å². The van der Waals surface area contributed by atoms with Crippen molar-refractivity contribution >= 4 is 11.1 Å². The third-order valence-corrected chi connectivity index (χ3v) is 2.13. The molecule has 0 saturated heterocycles. The molecule has 1 aromatic carbocycles. The standard InChI is InChI=1S/C10H12N2O2/c11-8(5-13)3-7-1-2-9-10(4-7)14-6-12-9/h1-2,4,6,8,13H,3,5,11H2. The van der Waals surface area contributed by atoms with Crippen molar-refractivity contribution in [2.24, 2.45) is 5.73 Å². The van der Waals surface area contributed by atoms with Crippen molar-refractivity contribution in [1.82, 2.24) is 4.98 Å². The third-order valence-electron chi connectivity index (χ3n) is 2.13. The zero-order valence-electron chi connectivity index (χ0n) is 7.68. The molecule has 0 bridgehead atoms. The number of oxazole rings is 1. The van der Waals surface area contributed by atoms with Gasteiger partial charge < -0.3 is 15.3 Å². The average Bonchev–Trinajstić information content (AvgIpc) is 2.64. The van der Waals surface area contributed by atoms with Gasteiger partial charge in [0.05, 0.1) is 6.61 Å². The molecule has 1 heterocycles. The molecular weight excluding hydrogens is 180 g/mol. The van der Waals surface area contributed by atoms with Crippen LogP contribution in [0.15, 0.2) is 29.0 Å². The van der Waals surface area contributed by atoms with Gasteiger partial charge in [0.2, 0.25) is 0 Å². The van der Waals surface area contributed by atoms with Crippen molar-refractivity contribution in [3.8, 4) is 0 Å². The number of aliphatic hydroxyl groups is 1. The number of rotatable bonds is 3. The van der Waals surface area contributed by atoms with Gasteiger partial charge in [-0.1, -0.05) is 6.07 Å². The van der Waals surface area contributed by atoms with Crippen molar-refractivity contribution in [2.45, 2.75) is 12.5 Å². The molecule has 3 N–H and O–H groups in total. The van der Waals surface area contributed by atoms with Crippen LogP contribution in [-0.4, -0.2) is 22.7 Å². The van der Waals surface area contributed by atoms with Crippen molar-refractivity contribution in [2.75, 3.05) is 6.61 Å². The minimum absolute atomic E-state index is 0.00551. The number of fused-ring (bicyclic) bond motifs is 1. The monoisotopic (exact) mass is 192 g/mol. The van der Waals surface area contributed by atoms with Gasteiger partial charge in [0.1, 0.15) is 5.52 Å². The first-order valence-electron chi connectivity index (χ1n) is 4.48. The Morgan fingerprint density at radius 1 is 1.50 bits per heavy atom. The normalized spacial score (nSPS) is 13.3. The Bertz CT molecular complexity index is 425. The molecule has 1 atom stereocenters. The molecule has 0 saturated carbocycles. The van der Waals surface area contributed by atoms with E-state index in [4.69, 9.17) is 15.3 Å². The van der Waals surface area contributed by atoms with Crippen LogP contribution in [0.25, 0.3) is 11.1 Å². The summed E-state index contributed by atoms with van der Waals surface area (Å²) in [7, 11) is 0. The van der Waals surface area contributed by atoms with Crippen LogP contribution < -0.4 is 5.73 Å². The minimum Gasteiger partial charge on any atom is -0.443 e. The lowest BCUT2D eigenvalue weighted by Gasteiger charge is -2.06. The van der Waals surface area contributed by atoms with Gasteiger partial charge >= 0.3 is 0 Å². The Kier molecular flexibility index (Phi) is 2.47. The smallest absolute Gasteiger partial charge is 0.181 e. The van der Waals surface area contributed by atoms with Crippen LogP contribution >= 0.6 is 0 Å². The number of aromatic nitrogens is 1. The van der Waals surface area contributed by atoms with E-state index in [2.05, 4.69) is 4.98 Å². The van der Waals surface area contributed by atoms with E-state index in [-0.39, 0.29) is 12.6 Å². The summed E-state index contributed by atoms with van der Waals surface area (Å²) in [5.74, 6) is 0. The molecule has 0 aliphatic heterocycles. The molecule has 0 spiro atoms. The van der Waals surface area contributed by atoms with E-state index in [1.807, 2.05) is 18.2 Å². The molecule has 4 nitrogen and oxygen atoms in total. The highest BCUT2D eigenvalue weighted by atomic mass is 16.3. The largest absolute Gasteiger partial charge is 0.443 e. The summed E-state index contributed by atoms with van der Waals surface area (Å²) in [6.45, 7) is -0.00551. The lowest BCUT2D eigenvalue weighted by Crippen LogP contribution is -2.26. The topological polar surface area (TPSA) is 72.3 Å². The molecule has 74 valence electrons. The molecule has 0 radical (unpaired) electrons. The number of hydrogen-bond donors (Lipinski definition) is 2. The van der Waals surface area contributed by atoms with Crippen molar-refractivity contribution < 1.29 is 9.52 Å². The molecule has 0 aliphatic carbocycles. The number of hydrogen-bond acceptors (Lipinski definition) is 4. The van der Waals surface area contributed by atoms with Crippen molar-refractivity contribution in [3.63, 3.8) is 0 Å². The van der Waals surface area contributed by atoms with Gasteiger partial charge in [-0.15, -0.1) is 0 Å². The van der Waals surface area contributed by atoms with Gasteiger partial charge in [0, 0.05) is 6.04 Å². The molecule has 0 fully saturated rings. The minimum atomic E-state index is -0.213. The SMILES string of the molecule is NC(CO)Cc1ccc2ncoc2c1. The van der Waals surface area contributed by atoms with E-state index in [0.717, 1.165) is 16.7 Å². The highest BCUT2D eigenvalue weighted by Gasteiger charge is 2.04. The molecule has 2 aromatic rings. The molecule has 2 rings (SSSR count). The fourth-order valence-corrected chi connectivity index (χ4v) is 1.39. The summed E-state index contributed by atoms with van der Waals surface area (Å²) < 4.78 is 5.16. The maximum absolute atomic E-state index is 8.81. The van der Waals surface area contributed by atoms with Gasteiger partial charge in [0.15, 0.2) is 12.0 Å². The molecule has 1 aromatic heterocycles. The third kappa shape index (κ3) is 1.76. The van der Waals surface area contributed by atoms with Gasteiger partial charge in [-0.2, -0.15) is 0 Å². The second-order valence-corrected chi connectivity index (χ2v) is 3.30. The van der Waals surface area contributed by atoms with Crippen LogP contribution in [0, 0.1) is 0 Å². The van der Waals surface area contributed by atoms with Crippen LogP contribution in [0.5, 0.6) is 0 Å². The first-order valence-corrected chi connectivity index (χ1v) is 4.48. The average molecular weight is 192 g/mol. The van der Waals surface area contributed by atoms with E-state index in [0.29, 0.717) is 6.42 Å². The van der Waals surface area contributed by atoms with Crippen molar-refractivity contribution in [1.29, 1.82) is 0 Å². The molecule has 4 heteroatoms. The molecule has 14 heavy (non-hydrogen) atoms. The van der Waals surface area contributed by atoms with E-state index in [1.165, 1.54) is 6.39 Å². The lowest BCUT2D eigenvalue weighted by atomic mass is 10.1. The number of nitrogens with two attached hydrogens (primary N) is 1. The second-order valence-electron chi connectivity index (χ2n) is 3.30. The van der Waals surface area contributed by atoms with Crippen LogP contribution in [0.4, 0.5) is 0 Å². The van der Waals surface area contributed by atoms with Gasteiger partial charge in [-0.25, -0.2) is 4.98 Å². The first kappa shape index (κ1) is 9.18. The Hall–Kier alpha value is -1.39. The summed E-state index contributed by atoms with van der Waals surface area (Å²) in [6, 6.07) is 5.52. The van der Waals surface area contributed by atoms with Crippen molar-refractivity contribution in [3.05, 3.63) is 30.2 Å². The molecule has 0 amide bonds. The predicted molar refractivity (Wildman–Crippen MR) is 52.8 cm³/mol. The molecular formula is C10H12N2O2. The Balaban J connectivity index is 2.25. The summed E-state index contributed by atoms with van der Waals surface area (Å²) in [5, 5.41) is 8.81. The number of aliphatic hydroxyl groups excluding tert-OH is 1. The highest BCUT2D eigenvalue weighted by Crippen LogP contribution is 2.14. The van der Waals surface area contributed by atoms with E-state index in [9.17, 15) is 0 Å².